The summed E-state index contributed by atoms with van der Waals surface area (Å²) >= 11 is 0. The molecule has 0 radical (unpaired) electrons. The molecule has 0 spiro atoms. The number of H-pyrrole nitrogens is 1. The lowest BCUT2D eigenvalue weighted by Crippen LogP contribution is -2.47. The molecule has 1 atom stereocenters. The number of nitrogens with one attached hydrogen (secondary N) is 1. The van der Waals surface area contributed by atoms with E-state index in [1.165, 1.54) is 4.90 Å². The van der Waals surface area contributed by atoms with Gasteiger partial charge in [0.25, 0.3) is 0 Å². The van der Waals surface area contributed by atoms with Crippen molar-refractivity contribution < 1.29 is 19.1 Å². The highest BCUT2D eigenvalue weighted by atomic mass is 16.6. The molecule has 2 amide bonds. The Labute approximate surface area is 182 Å². The number of aromatic amines is 1. The third-order valence-corrected chi connectivity index (χ3v) is 4.95. The molecule has 2 aromatic heterocycles. The van der Waals surface area contributed by atoms with Gasteiger partial charge in [-0.1, -0.05) is 0 Å². The minimum absolute atomic E-state index is 0.00146. The van der Waals surface area contributed by atoms with Crippen molar-refractivity contribution in [1.82, 2.24) is 25.0 Å². The van der Waals surface area contributed by atoms with Crippen molar-refractivity contribution in [2.75, 3.05) is 33.3 Å². The summed E-state index contributed by atoms with van der Waals surface area (Å²) in [6.07, 6.45) is 4.78. The second-order valence-corrected chi connectivity index (χ2v) is 8.84. The molecule has 2 aromatic rings. The number of carbonyl (C=O) groups is 2. The summed E-state index contributed by atoms with van der Waals surface area (Å²) in [5.74, 6) is 0.844. The lowest BCUT2D eigenvalue weighted by Gasteiger charge is -2.34. The van der Waals surface area contributed by atoms with Gasteiger partial charge in [0.2, 0.25) is 5.91 Å². The molecule has 1 aliphatic heterocycles. The normalized spacial score (nSPS) is 16.6. The summed E-state index contributed by atoms with van der Waals surface area (Å²) in [6, 6.07) is 5.62. The molecule has 0 saturated carbocycles. The Morgan fingerprint density at radius 3 is 2.74 bits per heavy atom. The van der Waals surface area contributed by atoms with Crippen LogP contribution in [0.25, 0.3) is 11.4 Å². The second kappa shape index (κ2) is 9.80. The topological polar surface area (TPSA) is 101 Å². The van der Waals surface area contributed by atoms with Crippen LogP contribution in [0.2, 0.25) is 0 Å². The van der Waals surface area contributed by atoms with E-state index in [9.17, 15) is 9.59 Å². The van der Waals surface area contributed by atoms with E-state index in [0.717, 1.165) is 24.2 Å². The molecule has 1 fully saturated rings. The van der Waals surface area contributed by atoms with Gasteiger partial charge in [0.1, 0.15) is 17.9 Å². The molecule has 0 aromatic carbocycles. The molecular weight excluding hydrogens is 398 g/mol. The lowest BCUT2D eigenvalue weighted by molar-refractivity contribution is -0.134. The monoisotopic (exact) mass is 429 g/mol. The molecule has 3 rings (SSSR count). The smallest absolute Gasteiger partial charge is 0.410 e. The third-order valence-electron chi connectivity index (χ3n) is 4.95. The highest BCUT2D eigenvalue weighted by Gasteiger charge is 2.27. The van der Waals surface area contributed by atoms with E-state index in [1.54, 1.807) is 45.1 Å². The largest absolute Gasteiger partial charge is 0.492 e. The fourth-order valence-corrected chi connectivity index (χ4v) is 3.37. The van der Waals surface area contributed by atoms with Crippen molar-refractivity contribution in [3.05, 3.63) is 30.6 Å². The number of likely N-dealkylation sites (tertiary alicyclic amines) is 1. The molecule has 1 saturated heterocycles. The third kappa shape index (κ3) is 6.70. The van der Waals surface area contributed by atoms with Gasteiger partial charge >= 0.3 is 6.09 Å². The number of pyridine rings is 1. The first-order valence-electron chi connectivity index (χ1n) is 10.5. The van der Waals surface area contributed by atoms with Crippen molar-refractivity contribution in [1.29, 1.82) is 0 Å². The maximum atomic E-state index is 12.7. The molecule has 1 N–H and O–H groups in total. The zero-order valence-electron chi connectivity index (χ0n) is 18.6. The van der Waals surface area contributed by atoms with Crippen molar-refractivity contribution in [3.8, 4) is 17.1 Å². The molecule has 0 bridgehead atoms. The molecule has 3 heterocycles. The maximum Gasteiger partial charge on any atom is 0.410 e. The summed E-state index contributed by atoms with van der Waals surface area (Å²) in [5.41, 5.74) is 1.06. The van der Waals surface area contributed by atoms with E-state index >= 15 is 0 Å². The average Bonchev–Trinajstić information content (AvgIpc) is 3.26. The minimum atomic E-state index is -0.590. The fraction of sp³-hybridized carbons (Fsp3) is 0.545. The first-order valence-corrected chi connectivity index (χ1v) is 10.5. The average molecular weight is 430 g/mol. The Hall–Kier alpha value is -3.10. The number of piperidine rings is 1. The van der Waals surface area contributed by atoms with Crippen LogP contribution in [0.15, 0.2) is 30.6 Å². The van der Waals surface area contributed by atoms with Gasteiger partial charge in [-0.2, -0.15) is 5.10 Å². The molecule has 0 aliphatic carbocycles. The van der Waals surface area contributed by atoms with E-state index in [0.29, 0.717) is 25.4 Å². The Kier molecular flexibility index (Phi) is 7.14. The van der Waals surface area contributed by atoms with Gasteiger partial charge in [-0.15, -0.1) is 0 Å². The molecule has 9 nitrogen and oxygen atoms in total. The first-order chi connectivity index (χ1) is 14.7. The number of nitrogens with zero attached hydrogens (tertiary/aromatic N) is 4. The van der Waals surface area contributed by atoms with Gasteiger partial charge in [-0.3, -0.25) is 14.9 Å². The standard InChI is InChI=1S/C22H31N5O4/c1-22(2,3)31-21(29)26(4)14-20(28)27-11-5-6-16(13-27)15-30-17-7-8-18(23-12-17)19-9-10-24-25-19/h7-10,12,16H,5-6,11,13-15H2,1-4H3,(H,24,25)/t16-/m1/s1. The predicted octanol–water partition coefficient (Wildman–Crippen LogP) is 2.96. The van der Waals surface area contributed by atoms with Crippen LogP contribution in [0, 0.1) is 5.92 Å². The molecule has 168 valence electrons. The predicted molar refractivity (Wildman–Crippen MR) is 115 cm³/mol. The van der Waals surface area contributed by atoms with Gasteiger partial charge in [-0.05, 0) is 51.8 Å². The van der Waals surface area contributed by atoms with Gasteiger partial charge in [0.15, 0.2) is 0 Å². The molecule has 31 heavy (non-hydrogen) atoms. The summed E-state index contributed by atoms with van der Waals surface area (Å²) in [6.45, 7) is 7.22. The van der Waals surface area contributed by atoms with Gasteiger partial charge in [0, 0.05) is 32.3 Å². The number of carbonyl (C=O) groups excluding carboxylic acids is 2. The number of likely N-dealkylation sites (N-methyl/N-ethyl adjacent to an activating group) is 1. The summed E-state index contributed by atoms with van der Waals surface area (Å²) in [7, 11) is 1.58. The number of hydrogen-bond acceptors (Lipinski definition) is 6. The highest BCUT2D eigenvalue weighted by Crippen LogP contribution is 2.21. The van der Waals surface area contributed by atoms with Crippen LogP contribution >= 0.6 is 0 Å². The first kappa shape index (κ1) is 22.6. The lowest BCUT2D eigenvalue weighted by atomic mass is 9.99. The van der Waals surface area contributed by atoms with Crippen LogP contribution in [-0.2, 0) is 9.53 Å². The number of aromatic nitrogens is 3. The van der Waals surface area contributed by atoms with Crippen LogP contribution in [-0.4, -0.2) is 75.9 Å². The summed E-state index contributed by atoms with van der Waals surface area (Å²) < 4.78 is 11.2. The Morgan fingerprint density at radius 2 is 2.10 bits per heavy atom. The van der Waals surface area contributed by atoms with E-state index in [4.69, 9.17) is 9.47 Å². The Morgan fingerprint density at radius 1 is 1.29 bits per heavy atom. The van der Waals surface area contributed by atoms with Gasteiger partial charge in [-0.25, -0.2) is 4.79 Å². The van der Waals surface area contributed by atoms with Crippen LogP contribution in [0.5, 0.6) is 5.75 Å². The van der Waals surface area contributed by atoms with Crippen molar-refractivity contribution in [2.24, 2.45) is 5.92 Å². The Bertz CT molecular complexity index is 861. The zero-order chi connectivity index (χ0) is 22.4. The number of hydrogen-bond donors (Lipinski definition) is 1. The second-order valence-electron chi connectivity index (χ2n) is 8.84. The number of rotatable bonds is 6. The van der Waals surface area contributed by atoms with Crippen LogP contribution in [0.1, 0.15) is 33.6 Å². The van der Waals surface area contributed by atoms with Crippen molar-refractivity contribution >= 4 is 12.0 Å². The summed E-state index contributed by atoms with van der Waals surface area (Å²) in [5, 5.41) is 6.81. The van der Waals surface area contributed by atoms with E-state index in [-0.39, 0.29) is 18.4 Å². The SMILES string of the molecule is CN(CC(=O)N1CCC[C@@H](COc2ccc(-c3ccn[nH]3)nc2)C1)C(=O)OC(C)(C)C. The maximum absolute atomic E-state index is 12.7. The van der Waals surface area contributed by atoms with Crippen LogP contribution in [0.4, 0.5) is 4.79 Å². The number of amides is 2. The van der Waals surface area contributed by atoms with Crippen molar-refractivity contribution in [3.63, 3.8) is 0 Å². The highest BCUT2D eigenvalue weighted by molar-refractivity contribution is 5.82. The molecule has 9 heteroatoms. The molecule has 0 unspecified atom stereocenters. The number of ether oxygens (including phenoxy) is 2. The van der Waals surface area contributed by atoms with E-state index in [2.05, 4.69) is 15.2 Å². The fourth-order valence-electron chi connectivity index (χ4n) is 3.37. The molecule has 1 aliphatic rings. The van der Waals surface area contributed by atoms with E-state index in [1.807, 2.05) is 18.2 Å². The summed E-state index contributed by atoms with van der Waals surface area (Å²) in [4.78, 5) is 32.3. The minimum Gasteiger partial charge on any atom is -0.492 e. The molecular formula is C22H31N5O4. The Balaban J connectivity index is 1.46. The zero-order valence-corrected chi connectivity index (χ0v) is 18.6. The quantitative estimate of drug-likeness (QED) is 0.758. The van der Waals surface area contributed by atoms with Gasteiger partial charge < -0.3 is 19.3 Å². The van der Waals surface area contributed by atoms with Crippen LogP contribution in [0.3, 0.4) is 0 Å². The van der Waals surface area contributed by atoms with Crippen LogP contribution < -0.4 is 4.74 Å². The van der Waals surface area contributed by atoms with E-state index < -0.39 is 11.7 Å². The van der Waals surface area contributed by atoms with Crippen molar-refractivity contribution in [2.45, 2.75) is 39.2 Å². The van der Waals surface area contributed by atoms with Gasteiger partial charge in [0.05, 0.1) is 24.2 Å².